The second kappa shape index (κ2) is 12.1. The largest absolute Gasteiger partial charge is 0.481 e. The number of hydrogen-bond acceptors (Lipinski definition) is 4. The topological polar surface area (TPSA) is 101 Å². The number of nitrogen functional groups attached to an aromatic ring is 1. The van der Waals surface area contributed by atoms with Crippen molar-refractivity contribution in [3.63, 3.8) is 0 Å². The molecule has 0 unspecified atom stereocenters. The van der Waals surface area contributed by atoms with Gasteiger partial charge in [-0.15, -0.1) is 0 Å². The average Bonchev–Trinajstić information content (AvgIpc) is 2.60. The predicted molar refractivity (Wildman–Crippen MR) is 102 cm³/mol. The van der Waals surface area contributed by atoms with Crippen LogP contribution in [0.25, 0.3) is 0 Å². The number of nitrogens with zero attached hydrogens (tertiary/aromatic N) is 1. The van der Waals surface area contributed by atoms with Crippen LogP contribution in [0.5, 0.6) is 0 Å². The summed E-state index contributed by atoms with van der Waals surface area (Å²) in [6.07, 6.45) is 8.04. The molecule has 0 saturated heterocycles. The van der Waals surface area contributed by atoms with Gasteiger partial charge in [0, 0.05) is 17.8 Å². The van der Waals surface area contributed by atoms with Gasteiger partial charge in [0.05, 0.1) is 0 Å². The number of hydrogen-bond donors (Lipinski definition) is 2. The van der Waals surface area contributed by atoms with Gasteiger partial charge in [-0.05, 0) is 30.7 Å². The van der Waals surface area contributed by atoms with Crippen LogP contribution in [0.4, 0.5) is 5.69 Å². The van der Waals surface area contributed by atoms with Crippen molar-refractivity contribution in [2.45, 2.75) is 64.7 Å². The van der Waals surface area contributed by atoms with Gasteiger partial charge in [-0.1, -0.05) is 51.9 Å². The van der Waals surface area contributed by atoms with Gasteiger partial charge in [-0.3, -0.25) is 19.3 Å². The van der Waals surface area contributed by atoms with Gasteiger partial charge in [0.2, 0.25) is 5.91 Å². The molecule has 26 heavy (non-hydrogen) atoms. The minimum atomic E-state index is -1.24. The second-order valence-electron chi connectivity index (χ2n) is 6.52. The van der Waals surface area contributed by atoms with E-state index in [0.717, 1.165) is 24.2 Å². The molecule has 0 spiro atoms. The van der Waals surface area contributed by atoms with Crippen molar-refractivity contribution in [1.82, 2.24) is 4.90 Å². The van der Waals surface area contributed by atoms with Gasteiger partial charge in [-0.2, -0.15) is 0 Å². The maximum absolute atomic E-state index is 12.6. The Morgan fingerprint density at radius 3 is 2.00 bits per heavy atom. The summed E-state index contributed by atoms with van der Waals surface area (Å²) in [5.41, 5.74) is 6.47. The number of amides is 2. The van der Waals surface area contributed by atoms with Crippen molar-refractivity contribution in [2.75, 3.05) is 12.3 Å². The highest BCUT2D eigenvalue weighted by atomic mass is 16.4. The number of rotatable bonds is 12. The minimum absolute atomic E-state index is 0.240. The third kappa shape index (κ3) is 8.14. The lowest BCUT2D eigenvalue weighted by Crippen LogP contribution is -2.38. The Bertz CT molecular complexity index is 584. The molecule has 0 aliphatic carbocycles. The van der Waals surface area contributed by atoms with E-state index < -0.39 is 24.2 Å². The molecular weight excluding hydrogens is 332 g/mol. The van der Waals surface area contributed by atoms with Crippen LogP contribution >= 0.6 is 0 Å². The van der Waals surface area contributed by atoms with E-state index in [1.807, 2.05) is 0 Å². The van der Waals surface area contributed by atoms with E-state index in [1.165, 1.54) is 25.7 Å². The zero-order chi connectivity index (χ0) is 19.4. The van der Waals surface area contributed by atoms with E-state index in [0.29, 0.717) is 17.7 Å². The standard InChI is InChI=1S/C20H30N2O4/c1-2-3-4-5-6-7-8-9-14-22(18(23)15-19(24)25)20(26)16-10-12-17(21)13-11-16/h10-13H,2-9,14-15,21H2,1H3,(H,24,25). The number of carbonyl (C=O) groups excluding carboxylic acids is 2. The summed E-state index contributed by atoms with van der Waals surface area (Å²) in [5, 5.41) is 8.86. The van der Waals surface area contributed by atoms with E-state index in [9.17, 15) is 14.4 Å². The molecule has 0 fully saturated rings. The lowest BCUT2D eigenvalue weighted by Gasteiger charge is -2.20. The van der Waals surface area contributed by atoms with E-state index in [2.05, 4.69) is 6.92 Å². The summed E-state index contributed by atoms with van der Waals surface area (Å²) < 4.78 is 0. The van der Waals surface area contributed by atoms with Crippen LogP contribution in [0, 0.1) is 0 Å². The van der Waals surface area contributed by atoms with Crippen molar-refractivity contribution in [3.8, 4) is 0 Å². The molecule has 3 N–H and O–H groups in total. The Labute approximate surface area is 155 Å². The summed E-state index contributed by atoms with van der Waals surface area (Å²) in [6.45, 7) is 2.42. The Hall–Kier alpha value is -2.37. The summed E-state index contributed by atoms with van der Waals surface area (Å²) in [4.78, 5) is 36.7. The number of imide groups is 1. The van der Waals surface area contributed by atoms with Crippen LogP contribution in [0.15, 0.2) is 24.3 Å². The maximum atomic E-state index is 12.6. The van der Waals surface area contributed by atoms with Gasteiger partial charge in [0.1, 0.15) is 6.42 Å². The normalized spacial score (nSPS) is 10.5. The Kier molecular flexibility index (Phi) is 10.1. The molecule has 0 heterocycles. The summed E-state index contributed by atoms with van der Waals surface area (Å²) >= 11 is 0. The van der Waals surface area contributed by atoms with Crippen molar-refractivity contribution < 1.29 is 19.5 Å². The highest BCUT2D eigenvalue weighted by Gasteiger charge is 2.24. The monoisotopic (exact) mass is 362 g/mol. The molecule has 0 atom stereocenters. The molecule has 1 aromatic rings. The molecule has 0 aromatic heterocycles. The smallest absolute Gasteiger partial charge is 0.312 e. The van der Waals surface area contributed by atoms with Crippen molar-refractivity contribution in [2.24, 2.45) is 0 Å². The number of carbonyl (C=O) groups is 3. The lowest BCUT2D eigenvalue weighted by atomic mass is 10.1. The summed E-state index contributed by atoms with van der Waals surface area (Å²) in [5.74, 6) is -2.39. The minimum Gasteiger partial charge on any atom is -0.481 e. The first-order valence-electron chi connectivity index (χ1n) is 9.37. The molecule has 6 nitrogen and oxygen atoms in total. The van der Waals surface area contributed by atoms with Crippen molar-refractivity contribution in [3.05, 3.63) is 29.8 Å². The lowest BCUT2D eigenvalue weighted by molar-refractivity contribution is -0.143. The van der Waals surface area contributed by atoms with Crippen LogP contribution < -0.4 is 5.73 Å². The van der Waals surface area contributed by atoms with Crippen molar-refractivity contribution in [1.29, 1.82) is 0 Å². The zero-order valence-electron chi connectivity index (χ0n) is 15.6. The van der Waals surface area contributed by atoms with Crippen LogP contribution in [-0.4, -0.2) is 34.3 Å². The van der Waals surface area contributed by atoms with Gasteiger partial charge in [0.15, 0.2) is 0 Å². The number of aliphatic carboxylic acids is 1. The fourth-order valence-corrected chi connectivity index (χ4v) is 2.75. The van der Waals surface area contributed by atoms with Crippen LogP contribution in [-0.2, 0) is 9.59 Å². The Morgan fingerprint density at radius 2 is 1.46 bits per heavy atom. The number of anilines is 1. The zero-order valence-corrected chi connectivity index (χ0v) is 15.6. The van der Waals surface area contributed by atoms with E-state index in [-0.39, 0.29) is 6.54 Å². The summed E-state index contributed by atoms with van der Waals surface area (Å²) in [6, 6.07) is 6.27. The quantitative estimate of drug-likeness (QED) is 0.334. The number of unbranched alkanes of at least 4 members (excludes halogenated alkanes) is 7. The predicted octanol–water partition coefficient (Wildman–Crippen LogP) is 3.85. The highest BCUT2D eigenvalue weighted by molar-refractivity contribution is 6.08. The third-order valence-electron chi connectivity index (χ3n) is 4.24. The number of benzene rings is 1. The third-order valence-corrected chi connectivity index (χ3v) is 4.24. The Balaban J connectivity index is 2.56. The molecule has 0 aliphatic heterocycles. The molecular formula is C20H30N2O4. The average molecular weight is 362 g/mol. The van der Waals surface area contributed by atoms with Gasteiger partial charge >= 0.3 is 5.97 Å². The number of carboxylic acid groups (broad SMARTS) is 1. The first-order valence-corrected chi connectivity index (χ1v) is 9.37. The fourth-order valence-electron chi connectivity index (χ4n) is 2.75. The van der Waals surface area contributed by atoms with Gasteiger partial charge in [0.25, 0.3) is 5.91 Å². The van der Waals surface area contributed by atoms with Crippen LogP contribution in [0.1, 0.15) is 75.1 Å². The first kappa shape index (κ1) is 21.7. The van der Waals surface area contributed by atoms with Gasteiger partial charge < -0.3 is 10.8 Å². The molecule has 1 rings (SSSR count). The number of carboxylic acids is 1. The molecule has 6 heteroatoms. The van der Waals surface area contributed by atoms with E-state index in [1.54, 1.807) is 24.3 Å². The van der Waals surface area contributed by atoms with Gasteiger partial charge in [-0.25, -0.2) is 0 Å². The van der Waals surface area contributed by atoms with Crippen molar-refractivity contribution >= 4 is 23.5 Å². The molecule has 0 bridgehead atoms. The van der Waals surface area contributed by atoms with Crippen LogP contribution in [0.3, 0.4) is 0 Å². The second-order valence-corrected chi connectivity index (χ2v) is 6.52. The van der Waals surface area contributed by atoms with E-state index >= 15 is 0 Å². The highest BCUT2D eigenvalue weighted by Crippen LogP contribution is 2.13. The molecule has 0 saturated carbocycles. The Morgan fingerprint density at radius 1 is 0.923 bits per heavy atom. The summed E-state index contributed by atoms with van der Waals surface area (Å²) in [7, 11) is 0. The molecule has 1 aromatic carbocycles. The molecule has 0 radical (unpaired) electrons. The molecule has 2 amide bonds. The molecule has 144 valence electrons. The fraction of sp³-hybridized carbons (Fsp3) is 0.550. The SMILES string of the molecule is CCCCCCCCCCN(C(=O)CC(=O)O)C(=O)c1ccc(N)cc1. The molecule has 0 aliphatic rings. The number of nitrogens with two attached hydrogens (primary N) is 1. The maximum Gasteiger partial charge on any atom is 0.312 e. The van der Waals surface area contributed by atoms with E-state index in [4.69, 9.17) is 10.8 Å². The van der Waals surface area contributed by atoms with Crippen LogP contribution in [0.2, 0.25) is 0 Å². The first-order chi connectivity index (χ1) is 12.5.